The van der Waals surface area contributed by atoms with Gasteiger partial charge in [0.25, 0.3) is 11.8 Å². The molecule has 0 aliphatic carbocycles. The molecule has 0 saturated heterocycles. The van der Waals surface area contributed by atoms with Gasteiger partial charge in [0, 0.05) is 15.1 Å². The van der Waals surface area contributed by atoms with Gasteiger partial charge in [-0.25, -0.2) is 5.43 Å². The van der Waals surface area contributed by atoms with Crippen LogP contribution in [-0.2, 0) is 4.79 Å². The van der Waals surface area contributed by atoms with Crippen LogP contribution < -0.4 is 10.7 Å². The van der Waals surface area contributed by atoms with Gasteiger partial charge in [-0.1, -0.05) is 41.9 Å². The summed E-state index contributed by atoms with van der Waals surface area (Å²) in [6.07, 6.45) is 1.44. The van der Waals surface area contributed by atoms with Crippen molar-refractivity contribution in [2.75, 3.05) is 6.54 Å². The Kier molecular flexibility index (Phi) is 6.31. The standard InChI is InChI=1S/C16H13BrClN3O2/c17-13-7-3-2-6-12(13)16(23)19-10-15(22)21-20-9-11-5-1-4-8-14(11)18/h1-9H,10H2,(H,19,23)(H,21,22)/b20-9-. The fourth-order valence-electron chi connectivity index (χ4n) is 1.69. The lowest BCUT2D eigenvalue weighted by atomic mass is 10.2. The van der Waals surface area contributed by atoms with Crippen LogP contribution in [0.3, 0.4) is 0 Å². The summed E-state index contributed by atoms with van der Waals surface area (Å²) in [7, 11) is 0. The smallest absolute Gasteiger partial charge is 0.259 e. The van der Waals surface area contributed by atoms with Gasteiger partial charge in [-0.3, -0.25) is 9.59 Å². The van der Waals surface area contributed by atoms with Crippen molar-refractivity contribution in [2.24, 2.45) is 5.10 Å². The summed E-state index contributed by atoms with van der Waals surface area (Å²) in [5, 5.41) is 6.85. The molecule has 2 aromatic rings. The van der Waals surface area contributed by atoms with Crippen LogP contribution in [-0.4, -0.2) is 24.6 Å². The third-order valence-corrected chi connectivity index (χ3v) is 3.86. The van der Waals surface area contributed by atoms with Crippen LogP contribution in [0.15, 0.2) is 58.1 Å². The van der Waals surface area contributed by atoms with Crippen LogP contribution in [0.2, 0.25) is 5.02 Å². The SMILES string of the molecule is O=C(CNC(=O)c1ccccc1Br)N/N=C\c1ccccc1Cl. The van der Waals surface area contributed by atoms with Crippen LogP contribution in [0.25, 0.3) is 0 Å². The zero-order valence-corrected chi connectivity index (χ0v) is 14.3. The first-order valence-electron chi connectivity index (χ1n) is 6.67. The van der Waals surface area contributed by atoms with Crippen LogP contribution in [0.1, 0.15) is 15.9 Å². The van der Waals surface area contributed by atoms with E-state index in [-0.39, 0.29) is 12.5 Å². The number of benzene rings is 2. The highest BCUT2D eigenvalue weighted by Crippen LogP contribution is 2.15. The minimum absolute atomic E-state index is 0.181. The Hall–Kier alpha value is -2.18. The zero-order valence-electron chi connectivity index (χ0n) is 11.9. The van der Waals surface area contributed by atoms with Crippen molar-refractivity contribution >= 4 is 45.6 Å². The van der Waals surface area contributed by atoms with E-state index in [1.165, 1.54) is 6.21 Å². The Morgan fingerprint density at radius 2 is 1.83 bits per heavy atom. The Bertz CT molecular complexity index is 750. The van der Waals surface area contributed by atoms with Gasteiger partial charge in [-0.15, -0.1) is 0 Å². The van der Waals surface area contributed by atoms with E-state index in [9.17, 15) is 9.59 Å². The predicted octanol–water partition coefficient (Wildman–Crippen LogP) is 2.98. The molecule has 0 fully saturated rings. The lowest BCUT2D eigenvalue weighted by Gasteiger charge is -2.05. The summed E-state index contributed by atoms with van der Waals surface area (Å²) in [6.45, 7) is -0.181. The molecule has 0 heterocycles. The van der Waals surface area contributed by atoms with E-state index in [2.05, 4.69) is 31.8 Å². The number of nitrogens with zero attached hydrogens (tertiary/aromatic N) is 1. The van der Waals surface area contributed by atoms with Crippen molar-refractivity contribution in [3.63, 3.8) is 0 Å². The van der Waals surface area contributed by atoms with Crippen molar-refractivity contribution in [1.29, 1.82) is 0 Å². The quantitative estimate of drug-likeness (QED) is 0.604. The van der Waals surface area contributed by atoms with Gasteiger partial charge in [0.1, 0.15) is 0 Å². The number of hydrazone groups is 1. The van der Waals surface area contributed by atoms with E-state index < -0.39 is 5.91 Å². The van der Waals surface area contributed by atoms with E-state index in [4.69, 9.17) is 11.6 Å². The second kappa shape index (κ2) is 8.45. The number of carbonyl (C=O) groups is 2. The highest BCUT2D eigenvalue weighted by Gasteiger charge is 2.10. The van der Waals surface area contributed by atoms with Crippen LogP contribution in [0, 0.1) is 0 Å². The molecule has 0 aliphatic heterocycles. The van der Waals surface area contributed by atoms with Gasteiger partial charge in [0.15, 0.2) is 0 Å². The molecule has 118 valence electrons. The van der Waals surface area contributed by atoms with Crippen LogP contribution >= 0.6 is 27.5 Å². The normalized spacial score (nSPS) is 10.5. The van der Waals surface area contributed by atoms with Crippen LogP contribution in [0.4, 0.5) is 0 Å². The molecule has 0 radical (unpaired) electrons. The predicted molar refractivity (Wildman–Crippen MR) is 93.7 cm³/mol. The number of carbonyl (C=O) groups excluding carboxylic acids is 2. The highest BCUT2D eigenvalue weighted by molar-refractivity contribution is 9.10. The fourth-order valence-corrected chi connectivity index (χ4v) is 2.34. The van der Waals surface area contributed by atoms with Crippen LogP contribution in [0.5, 0.6) is 0 Å². The largest absolute Gasteiger partial charge is 0.343 e. The van der Waals surface area contributed by atoms with Gasteiger partial charge >= 0.3 is 0 Å². The number of halogens is 2. The summed E-state index contributed by atoms with van der Waals surface area (Å²) >= 11 is 9.24. The molecule has 0 aliphatic rings. The van der Waals surface area contributed by atoms with Gasteiger partial charge in [-0.05, 0) is 34.1 Å². The molecule has 2 amide bonds. The maximum absolute atomic E-state index is 11.9. The number of amides is 2. The van der Waals surface area contributed by atoms with Crippen molar-refractivity contribution < 1.29 is 9.59 Å². The fraction of sp³-hybridized carbons (Fsp3) is 0.0625. The molecular weight excluding hydrogens is 382 g/mol. The molecule has 0 unspecified atom stereocenters. The molecule has 0 aromatic heterocycles. The Morgan fingerprint density at radius 3 is 2.57 bits per heavy atom. The summed E-state index contributed by atoms with van der Waals surface area (Å²) in [5.41, 5.74) is 3.47. The van der Waals surface area contributed by atoms with Crippen molar-refractivity contribution in [3.8, 4) is 0 Å². The summed E-state index contributed by atoms with van der Waals surface area (Å²) in [6, 6.07) is 14.1. The molecule has 0 bridgehead atoms. The molecule has 2 N–H and O–H groups in total. The molecule has 2 rings (SSSR count). The van der Waals surface area contributed by atoms with E-state index in [1.54, 1.807) is 42.5 Å². The minimum atomic E-state index is -0.436. The van der Waals surface area contributed by atoms with E-state index >= 15 is 0 Å². The van der Waals surface area contributed by atoms with Crippen molar-refractivity contribution in [1.82, 2.24) is 10.7 Å². The lowest BCUT2D eigenvalue weighted by Crippen LogP contribution is -2.35. The molecule has 0 spiro atoms. The van der Waals surface area contributed by atoms with Gasteiger partial charge in [0.2, 0.25) is 0 Å². The number of hydrogen-bond donors (Lipinski definition) is 2. The van der Waals surface area contributed by atoms with E-state index in [0.29, 0.717) is 20.6 Å². The third-order valence-electron chi connectivity index (χ3n) is 2.83. The highest BCUT2D eigenvalue weighted by atomic mass is 79.9. The third kappa shape index (κ3) is 5.19. The Labute approximate surface area is 146 Å². The zero-order chi connectivity index (χ0) is 16.7. The maximum Gasteiger partial charge on any atom is 0.259 e. The summed E-state index contributed by atoms with van der Waals surface area (Å²) < 4.78 is 0.662. The molecule has 2 aromatic carbocycles. The molecule has 0 saturated carbocycles. The maximum atomic E-state index is 11.9. The molecule has 0 atom stereocenters. The van der Waals surface area contributed by atoms with Gasteiger partial charge in [-0.2, -0.15) is 5.10 Å². The number of rotatable bonds is 5. The van der Waals surface area contributed by atoms with E-state index in [0.717, 1.165) is 0 Å². The summed E-state index contributed by atoms with van der Waals surface area (Å²) in [4.78, 5) is 23.6. The Balaban J connectivity index is 1.83. The molecule has 23 heavy (non-hydrogen) atoms. The number of nitrogens with one attached hydrogen (secondary N) is 2. The monoisotopic (exact) mass is 393 g/mol. The average Bonchev–Trinajstić information content (AvgIpc) is 2.55. The van der Waals surface area contributed by atoms with Gasteiger partial charge < -0.3 is 5.32 Å². The average molecular weight is 395 g/mol. The topological polar surface area (TPSA) is 70.6 Å². The van der Waals surface area contributed by atoms with E-state index in [1.807, 2.05) is 6.07 Å². The van der Waals surface area contributed by atoms with Gasteiger partial charge in [0.05, 0.1) is 18.3 Å². The molecule has 7 heteroatoms. The molecule has 5 nitrogen and oxygen atoms in total. The Morgan fingerprint density at radius 1 is 1.13 bits per heavy atom. The van der Waals surface area contributed by atoms with Crippen molar-refractivity contribution in [2.45, 2.75) is 0 Å². The lowest BCUT2D eigenvalue weighted by molar-refractivity contribution is -0.120. The first kappa shape index (κ1) is 17.2. The summed E-state index contributed by atoms with van der Waals surface area (Å²) in [5.74, 6) is -0.781. The minimum Gasteiger partial charge on any atom is -0.343 e. The number of hydrogen-bond acceptors (Lipinski definition) is 3. The molecular formula is C16H13BrClN3O2. The second-order valence-electron chi connectivity index (χ2n) is 4.48. The first-order chi connectivity index (χ1) is 11.1. The second-order valence-corrected chi connectivity index (χ2v) is 5.74. The first-order valence-corrected chi connectivity index (χ1v) is 7.84. The van der Waals surface area contributed by atoms with Crippen molar-refractivity contribution in [3.05, 3.63) is 69.2 Å².